The van der Waals surface area contributed by atoms with Crippen LogP contribution in [0.5, 0.6) is 0 Å². The minimum absolute atomic E-state index is 0.0692. The van der Waals surface area contributed by atoms with Crippen molar-refractivity contribution in [2.45, 2.75) is 36.6 Å². The van der Waals surface area contributed by atoms with Crippen molar-refractivity contribution >= 4 is 32.4 Å². The van der Waals surface area contributed by atoms with E-state index in [4.69, 9.17) is 11.6 Å². The molecule has 3 nitrogen and oxygen atoms in total. The molecule has 0 aliphatic rings. The van der Waals surface area contributed by atoms with E-state index in [0.29, 0.717) is 11.3 Å². The zero-order chi connectivity index (χ0) is 14.8. The van der Waals surface area contributed by atoms with Crippen molar-refractivity contribution in [3.63, 3.8) is 0 Å². The van der Waals surface area contributed by atoms with Gasteiger partial charge in [0.05, 0.1) is 4.90 Å². The molecule has 0 aliphatic carbocycles. The number of sulfonamides is 1. The van der Waals surface area contributed by atoms with E-state index >= 15 is 0 Å². The van der Waals surface area contributed by atoms with Crippen molar-refractivity contribution in [2.24, 2.45) is 0 Å². The van der Waals surface area contributed by atoms with Gasteiger partial charge in [0.2, 0.25) is 10.0 Å². The number of rotatable bonds is 5. The van der Waals surface area contributed by atoms with E-state index in [1.54, 1.807) is 12.1 Å². The summed E-state index contributed by atoms with van der Waals surface area (Å²) in [6.07, 6.45) is 0.589. The molecule has 0 aliphatic heterocycles. The Kier molecular flexibility index (Phi) is 4.68. The number of hydrogen-bond acceptors (Lipinski definition) is 2. The molecule has 0 fully saturated rings. The molecule has 0 bridgehead atoms. The van der Waals surface area contributed by atoms with Crippen LogP contribution >= 0.6 is 11.6 Å². The standard InChI is InChI=1S/C15H18ClNO2S/c1-11(16)10-12(2)17-20(18,19)15-9-5-7-13-6-3-4-8-14(13)15/h3-9,11-12,17H,10H2,1-2H3. The van der Waals surface area contributed by atoms with Crippen molar-refractivity contribution < 1.29 is 8.42 Å². The Morgan fingerprint density at radius 3 is 2.45 bits per heavy atom. The van der Waals surface area contributed by atoms with Crippen molar-refractivity contribution in [1.82, 2.24) is 4.72 Å². The van der Waals surface area contributed by atoms with E-state index in [1.165, 1.54) is 0 Å². The van der Waals surface area contributed by atoms with Crippen molar-refractivity contribution in [3.05, 3.63) is 42.5 Å². The molecule has 0 heterocycles. The molecule has 0 saturated carbocycles. The van der Waals surface area contributed by atoms with Gasteiger partial charge in [-0.05, 0) is 31.7 Å². The molecule has 0 aromatic heterocycles. The zero-order valence-electron chi connectivity index (χ0n) is 11.5. The van der Waals surface area contributed by atoms with Gasteiger partial charge < -0.3 is 0 Å². The van der Waals surface area contributed by atoms with Crippen LogP contribution in [0.15, 0.2) is 47.4 Å². The number of alkyl halides is 1. The van der Waals surface area contributed by atoms with Gasteiger partial charge in [-0.2, -0.15) is 0 Å². The lowest BCUT2D eigenvalue weighted by atomic mass is 10.1. The Morgan fingerprint density at radius 2 is 1.75 bits per heavy atom. The van der Waals surface area contributed by atoms with Gasteiger partial charge in [-0.25, -0.2) is 13.1 Å². The van der Waals surface area contributed by atoms with Gasteiger partial charge in [-0.1, -0.05) is 36.4 Å². The predicted molar refractivity (Wildman–Crippen MR) is 83.7 cm³/mol. The molecule has 0 spiro atoms. The van der Waals surface area contributed by atoms with Crippen LogP contribution in [0, 0.1) is 0 Å². The van der Waals surface area contributed by atoms with Crippen LogP contribution in [0.2, 0.25) is 0 Å². The molecule has 2 unspecified atom stereocenters. The summed E-state index contributed by atoms with van der Waals surface area (Å²) >= 11 is 5.91. The molecular weight excluding hydrogens is 294 g/mol. The van der Waals surface area contributed by atoms with E-state index in [1.807, 2.05) is 44.2 Å². The summed E-state index contributed by atoms with van der Waals surface area (Å²) in [6.45, 7) is 3.67. The highest BCUT2D eigenvalue weighted by molar-refractivity contribution is 7.89. The largest absolute Gasteiger partial charge is 0.241 e. The molecule has 108 valence electrons. The molecule has 2 aromatic rings. The van der Waals surface area contributed by atoms with Gasteiger partial charge in [-0.3, -0.25) is 0 Å². The highest BCUT2D eigenvalue weighted by atomic mass is 35.5. The summed E-state index contributed by atoms with van der Waals surface area (Å²) in [4.78, 5) is 0.310. The number of halogens is 1. The van der Waals surface area contributed by atoms with Crippen molar-refractivity contribution in [2.75, 3.05) is 0 Å². The van der Waals surface area contributed by atoms with Crippen LogP contribution in [-0.2, 0) is 10.0 Å². The van der Waals surface area contributed by atoms with E-state index in [2.05, 4.69) is 4.72 Å². The molecule has 2 rings (SSSR count). The van der Waals surface area contributed by atoms with Gasteiger partial charge in [0, 0.05) is 16.8 Å². The number of hydrogen-bond donors (Lipinski definition) is 1. The van der Waals surface area contributed by atoms with Crippen molar-refractivity contribution in [1.29, 1.82) is 0 Å². The number of benzene rings is 2. The Bertz CT molecular complexity index is 693. The molecule has 0 radical (unpaired) electrons. The fraction of sp³-hybridized carbons (Fsp3) is 0.333. The normalized spacial score (nSPS) is 15.2. The Morgan fingerprint density at radius 1 is 1.10 bits per heavy atom. The average molecular weight is 312 g/mol. The van der Waals surface area contributed by atoms with Gasteiger partial charge in [-0.15, -0.1) is 11.6 Å². The van der Waals surface area contributed by atoms with Crippen LogP contribution < -0.4 is 4.72 Å². The quantitative estimate of drug-likeness (QED) is 0.859. The third-order valence-corrected chi connectivity index (χ3v) is 4.90. The Balaban J connectivity index is 2.37. The third-order valence-electron chi connectivity index (χ3n) is 3.07. The topological polar surface area (TPSA) is 46.2 Å². The second-order valence-corrected chi connectivity index (χ2v) is 7.44. The van der Waals surface area contributed by atoms with Crippen molar-refractivity contribution in [3.8, 4) is 0 Å². The van der Waals surface area contributed by atoms with E-state index in [0.717, 1.165) is 10.8 Å². The van der Waals surface area contributed by atoms with Crippen LogP contribution in [0.1, 0.15) is 20.3 Å². The fourth-order valence-corrected chi connectivity index (χ4v) is 4.05. The summed E-state index contributed by atoms with van der Waals surface area (Å²) in [5, 5.41) is 1.57. The lowest BCUT2D eigenvalue weighted by molar-refractivity contribution is 0.546. The maximum atomic E-state index is 12.5. The molecule has 0 amide bonds. The molecule has 1 N–H and O–H groups in total. The van der Waals surface area contributed by atoms with E-state index in [9.17, 15) is 8.42 Å². The minimum Gasteiger partial charge on any atom is -0.208 e. The molecular formula is C15H18ClNO2S. The summed E-state index contributed by atoms with van der Waals surface area (Å²) in [5.41, 5.74) is 0. The lowest BCUT2D eigenvalue weighted by Gasteiger charge is -2.16. The lowest BCUT2D eigenvalue weighted by Crippen LogP contribution is -2.34. The highest BCUT2D eigenvalue weighted by Crippen LogP contribution is 2.23. The maximum Gasteiger partial charge on any atom is 0.241 e. The molecule has 2 atom stereocenters. The van der Waals surface area contributed by atoms with E-state index < -0.39 is 10.0 Å². The molecule has 20 heavy (non-hydrogen) atoms. The molecule has 2 aromatic carbocycles. The summed E-state index contributed by atoms with van der Waals surface area (Å²) in [5.74, 6) is 0. The predicted octanol–water partition coefficient (Wildman–Crippen LogP) is 3.52. The fourth-order valence-electron chi connectivity index (χ4n) is 2.29. The SMILES string of the molecule is CC(Cl)CC(C)NS(=O)(=O)c1cccc2ccccc12. The number of nitrogens with one attached hydrogen (secondary N) is 1. The molecule has 5 heteroatoms. The van der Waals surface area contributed by atoms with Gasteiger partial charge in [0.25, 0.3) is 0 Å². The first-order valence-electron chi connectivity index (χ1n) is 6.54. The summed E-state index contributed by atoms with van der Waals surface area (Å²) in [6, 6.07) is 12.5. The minimum atomic E-state index is -3.54. The van der Waals surface area contributed by atoms with Crippen LogP contribution in [0.3, 0.4) is 0 Å². The monoisotopic (exact) mass is 311 g/mol. The maximum absolute atomic E-state index is 12.5. The smallest absolute Gasteiger partial charge is 0.208 e. The first kappa shape index (κ1) is 15.3. The van der Waals surface area contributed by atoms with Crippen LogP contribution in [0.4, 0.5) is 0 Å². The molecule has 0 saturated heterocycles. The Labute approximate surface area is 125 Å². The summed E-state index contributed by atoms with van der Waals surface area (Å²) in [7, 11) is -3.54. The Hall–Kier alpha value is -1.10. The van der Waals surface area contributed by atoms with Gasteiger partial charge in [0.1, 0.15) is 0 Å². The summed E-state index contributed by atoms with van der Waals surface area (Å²) < 4.78 is 27.7. The second-order valence-electron chi connectivity index (χ2n) is 5.02. The average Bonchev–Trinajstić information content (AvgIpc) is 2.36. The van der Waals surface area contributed by atoms with Gasteiger partial charge >= 0.3 is 0 Å². The zero-order valence-corrected chi connectivity index (χ0v) is 13.1. The highest BCUT2D eigenvalue weighted by Gasteiger charge is 2.20. The third kappa shape index (κ3) is 3.51. The first-order chi connectivity index (χ1) is 9.40. The first-order valence-corrected chi connectivity index (χ1v) is 8.46. The van der Waals surface area contributed by atoms with Crippen LogP contribution in [-0.4, -0.2) is 19.8 Å². The second kappa shape index (κ2) is 6.12. The van der Waals surface area contributed by atoms with Crippen LogP contribution in [0.25, 0.3) is 10.8 Å². The van der Waals surface area contributed by atoms with Gasteiger partial charge in [0.15, 0.2) is 0 Å². The number of fused-ring (bicyclic) bond motifs is 1. The van der Waals surface area contributed by atoms with E-state index in [-0.39, 0.29) is 11.4 Å².